The zero-order chi connectivity index (χ0) is 11.4. The summed E-state index contributed by atoms with van der Waals surface area (Å²) in [6.07, 6.45) is 1.26. The molecule has 0 fully saturated rings. The third-order valence-corrected chi connectivity index (χ3v) is 1.75. The van der Waals surface area contributed by atoms with Crippen molar-refractivity contribution in [3.63, 3.8) is 0 Å². The van der Waals surface area contributed by atoms with Gasteiger partial charge in [-0.25, -0.2) is 9.97 Å². The van der Waals surface area contributed by atoms with E-state index in [9.17, 15) is 9.59 Å². The lowest BCUT2D eigenvalue weighted by molar-refractivity contribution is -0.138. The first-order valence-electron chi connectivity index (χ1n) is 4.33. The highest BCUT2D eigenvalue weighted by atomic mass is 16.4. The van der Waals surface area contributed by atoms with Crippen LogP contribution in [0.3, 0.4) is 0 Å². The largest absolute Gasteiger partial charge is 0.480 e. The molecule has 0 aliphatic rings. The molecule has 1 heterocycles. The summed E-state index contributed by atoms with van der Waals surface area (Å²) in [7, 11) is 0. The maximum Gasteiger partial charge on any atom is 0.325 e. The highest BCUT2D eigenvalue weighted by molar-refractivity contribution is 5.94. The second-order valence-corrected chi connectivity index (χ2v) is 3.08. The average molecular weight is 209 g/mol. The predicted octanol–water partition coefficient (Wildman–Crippen LogP) is -0.0121. The molecule has 15 heavy (non-hydrogen) atoms. The standard InChI is InChI=1S/C9H11N3O3/c1-5-3-7(11-4-10-5)8(13)12-6(2)9(14)15/h3-4,6H,1-2H3,(H,12,13)(H,14,15). The fourth-order valence-corrected chi connectivity index (χ4v) is 0.911. The van der Waals surface area contributed by atoms with Gasteiger partial charge in [-0.05, 0) is 19.9 Å². The Kier molecular flexibility index (Phi) is 3.33. The van der Waals surface area contributed by atoms with Gasteiger partial charge in [-0.15, -0.1) is 0 Å². The number of rotatable bonds is 3. The molecule has 1 aromatic rings. The fourth-order valence-electron chi connectivity index (χ4n) is 0.911. The maximum absolute atomic E-state index is 11.4. The molecule has 0 aliphatic heterocycles. The Morgan fingerprint density at radius 1 is 1.47 bits per heavy atom. The van der Waals surface area contributed by atoms with Crippen LogP contribution in [-0.4, -0.2) is 33.0 Å². The van der Waals surface area contributed by atoms with Crippen LogP contribution in [0.2, 0.25) is 0 Å². The molecule has 80 valence electrons. The Labute approximate surface area is 86.4 Å². The first-order valence-corrected chi connectivity index (χ1v) is 4.33. The summed E-state index contributed by atoms with van der Waals surface area (Å²) in [5, 5.41) is 10.9. The molecule has 0 saturated carbocycles. The van der Waals surface area contributed by atoms with Crippen LogP contribution < -0.4 is 5.32 Å². The van der Waals surface area contributed by atoms with Crippen LogP contribution in [0.15, 0.2) is 12.4 Å². The minimum Gasteiger partial charge on any atom is -0.480 e. The molecular formula is C9H11N3O3. The number of hydrogen-bond donors (Lipinski definition) is 2. The first kappa shape index (κ1) is 11.1. The lowest BCUT2D eigenvalue weighted by atomic mass is 10.3. The van der Waals surface area contributed by atoms with E-state index in [0.29, 0.717) is 5.69 Å². The van der Waals surface area contributed by atoms with E-state index < -0.39 is 17.9 Å². The summed E-state index contributed by atoms with van der Waals surface area (Å²) in [5.41, 5.74) is 0.814. The van der Waals surface area contributed by atoms with E-state index in [-0.39, 0.29) is 5.69 Å². The Morgan fingerprint density at radius 3 is 2.67 bits per heavy atom. The highest BCUT2D eigenvalue weighted by Crippen LogP contribution is 1.97. The molecule has 0 radical (unpaired) electrons. The number of aliphatic carboxylic acids is 1. The van der Waals surface area contributed by atoms with Crippen molar-refractivity contribution in [2.75, 3.05) is 0 Å². The van der Waals surface area contributed by atoms with Crippen LogP contribution in [-0.2, 0) is 4.79 Å². The monoisotopic (exact) mass is 209 g/mol. The minimum absolute atomic E-state index is 0.163. The van der Waals surface area contributed by atoms with E-state index in [2.05, 4.69) is 15.3 Å². The molecule has 0 aliphatic carbocycles. The van der Waals surface area contributed by atoms with Crippen LogP contribution in [0, 0.1) is 6.92 Å². The second-order valence-electron chi connectivity index (χ2n) is 3.08. The number of aryl methyl sites for hydroxylation is 1. The number of carbonyl (C=O) groups excluding carboxylic acids is 1. The van der Waals surface area contributed by atoms with Crippen molar-refractivity contribution in [1.82, 2.24) is 15.3 Å². The summed E-state index contributed by atoms with van der Waals surface area (Å²) >= 11 is 0. The van der Waals surface area contributed by atoms with E-state index in [1.165, 1.54) is 19.3 Å². The smallest absolute Gasteiger partial charge is 0.325 e. The average Bonchev–Trinajstić information content (AvgIpc) is 2.17. The van der Waals surface area contributed by atoms with Gasteiger partial charge in [0.15, 0.2) is 0 Å². The summed E-state index contributed by atoms with van der Waals surface area (Å²) in [6.45, 7) is 3.10. The van der Waals surface area contributed by atoms with Gasteiger partial charge in [-0.2, -0.15) is 0 Å². The van der Waals surface area contributed by atoms with Crippen molar-refractivity contribution in [3.05, 3.63) is 23.8 Å². The van der Waals surface area contributed by atoms with Crippen LogP contribution in [0.1, 0.15) is 23.1 Å². The third kappa shape index (κ3) is 3.01. The van der Waals surface area contributed by atoms with Crippen molar-refractivity contribution in [1.29, 1.82) is 0 Å². The van der Waals surface area contributed by atoms with Gasteiger partial charge in [0, 0.05) is 5.69 Å². The van der Waals surface area contributed by atoms with E-state index in [4.69, 9.17) is 5.11 Å². The number of nitrogens with zero attached hydrogens (tertiary/aromatic N) is 2. The van der Waals surface area contributed by atoms with Crippen molar-refractivity contribution in [2.24, 2.45) is 0 Å². The number of aromatic nitrogens is 2. The molecule has 1 atom stereocenters. The zero-order valence-corrected chi connectivity index (χ0v) is 8.39. The van der Waals surface area contributed by atoms with Gasteiger partial charge in [-0.3, -0.25) is 9.59 Å². The molecule has 0 saturated heterocycles. The summed E-state index contributed by atoms with van der Waals surface area (Å²) in [4.78, 5) is 29.5. The molecule has 1 rings (SSSR count). The fraction of sp³-hybridized carbons (Fsp3) is 0.333. The van der Waals surface area contributed by atoms with Gasteiger partial charge in [0.05, 0.1) is 0 Å². The van der Waals surface area contributed by atoms with Gasteiger partial charge >= 0.3 is 5.97 Å². The summed E-state index contributed by atoms with van der Waals surface area (Å²) < 4.78 is 0. The predicted molar refractivity (Wildman–Crippen MR) is 51.3 cm³/mol. The summed E-state index contributed by atoms with van der Waals surface area (Å²) in [6, 6.07) is 0.553. The number of nitrogens with one attached hydrogen (secondary N) is 1. The normalized spacial score (nSPS) is 11.9. The number of amides is 1. The molecule has 0 aromatic carbocycles. The number of carboxylic acid groups (broad SMARTS) is 1. The van der Waals surface area contributed by atoms with Crippen LogP contribution >= 0.6 is 0 Å². The Morgan fingerprint density at radius 2 is 2.13 bits per heavy atom. The molecule has 1 aromatic heterocycles. The molecule has 1 unspecified atom stereocenters. The van der Waals surface area contributed by atoms with Gasteiger partial charge < -0.3 is 10.4 Å². The molecule has 0 bridgehead atoms. The third-order valence-electron chi connectivity index (χ3n) is 1.75. The number of carboxylic acids is 1. The van der Waals surface area contributed by atoms with E-state index in [0.717, 1.165) is 0 Å². The molecule has 6 nitrogen and oxygen atoms in total. The van der Waals surface area contributed by atoms with Crippen LogP contribution in [0.4, 0.5) is 0 Å². The Balaban J connectivity index is 2.73. The quantitative estimate of drug-likeness (QED) is 0.730. The SMILES string of the molecule is Cc1cc(C(=O)NC(C)C(=O)O)ncn1. The molecular weight excluding hydrogens is 198 g/mol. The first-order chi connectivity index (χ1) is 7.00. The summed E-state index contributed by atoms with van der Waals surface area (Å²) in [5.74, 6) is -1.61. The molecule has 0 spiro atoms. The zero-order valence-electron chi connectivity index (χ0n) is 8.39. The van der Waals surface area contributed by atoms with Gasteiger partial charge in [0.1, 0.15) is 18.1 Å². The molecule has 2 N–H and O–H groups in total. The molecule has 6 heteroatoms. The molecule has 1 amide bonds. The highest BCUT2D eigenvalue weighted by Gasteiger charge is 2.15. The topological polar surface area (TPSA) is 92.2 Å². The van der Waals surface area contributed by atoms with Crippen molar-refractivity contribution in [3.8, 4) is 0 Å². The van der Waals surface area contributed by atoms with E-state index in [1.54, 1.807) is 6.92 Å². The van der Waals surface area contributed by atoms with Gasteiger partial charge in [0.2, 0.25) is 0 Å². The van der Waals surface area contributed by atoms with Crippen molar-refractivity contribution < 1.29 is 14.7 Å². The van der Waals surface area contributed by atoms with E-state index in [1.807, 2.05) is 0 Å². The van der Waals surface area contributed by atoms with Gasteiger partial charge in [0.25, 0.3) is 5.91 Å². The maximum atomic E-state index is 11.4. The Bertz CT molecular complexity index is 392. The lowest BCUT2D eigenvalue weighted by Gasteiger charge is -2.08. The Hall–Kier alpha value is -1.98. The lowest BCUT2D eigenvalue weighted by Crippen LogP contribution is -2.38. The number of carbonyl (C=O) groups is 2. The van der Waals surface area contributed by atoms with E-state index >= 15 is 0 Å². The second kappa shape index (κ2) is 4.50. The van der Waals surface area contributed by atoms with Crippen molar-refractivity contribution >= 4 is 11.9 Å². The minimum atomic E-state index is -1.09. The van der Waals surface area contributed by atoms with Crippen LogP contribution in [0.25, 0.3) is 0 Å². The number of hydrogen-bond acceptors (Lipinski definition) is 4. The van der Waals surface area contributed by atoms with Crippen LogP contribution in [0.5, 0.6) is 0 Å². The van der Waals surface area contributed by atoms with Crippen molar-refractivity contribution in [2.45, 2.75) is 19.9 Å². The van der Waals surface area contributed by atoms with Gasteiger partial charge in [-0.1, -0.05) is 0 Å².